The van der Waals surface area contributed by atoms with E-state index in [-0.39, 0.29) is 17.4 Å². The molecule has 1 N–H and O–H groups in total. The van der Waals surface area contributed by atoms with Gasteiger partial charge in [0.2, 0.25) is 0 Å². The van der Waals surface area contributed by atoms with Gasteiger partial charge in [-0.15, -0.1) is 0 Å². The standard InChI is InChI=1S/C31H48N2O/c1-20(7-8-22-15-18-32-19-21(22)2)24-11-12-25-23-9-10-27-29(34)28(33(5)6)14-17-31(27,4)26(23)13-16-30(24,25)3/h7-9,20,24-28,32H,10-19H2,1-6H3/b8-7-/t20-,24-,25+,26+,27+,28+,30-,31-/m1/s1. The molecular formula is C31H48N2O. The van der Waals surface area contributed by atoms with E-state index >= 15 is 0 Å². The minimum absolute atomic E-state index is 0.129. The maximum Gasteiger partial charge on any atom is 0.153 e. The van der Waals surface area contributed by atoms with E-state index in [1.165, 1.54) is 44.1 Å². The zero-order valence-corrected chi connectivity index (χ0v) is 22.6. The zero-order valence-electron chi connectivity index (χ0n) is 22.6. The quantitative estimate of drug-likeness (QED) is 0.505. The minimum atomic E-state index is 0.129. The largest absolute Gasteiger partial charge is 0.313 e. The van der Waals surface area contributed by atoms with Gasteiger partial charge in [0.05, 0.1) is 6.04 Å². The third-order valence-corrected chi connectivity index (χ3v) is 11.4. The van der Waals surface area contributed by atoms with Crippen LogP contribution in [-0.4, -0.2) is 43.9 Å². The van der Waals surface area contributed by atoms with E-state index in [4.69, 9.17) is 0 Å². The SMILES string of the molecule is CC1=C(/C=C\[C@@H](C)[C@H]2CC[C@H]3C4=CC[C@H]5C(=O)[C@@H](N(C)C)CC[C@]5(C)[C@H]4CC[C@]23C)CCNC1. The molecule has 0 aromatic heterocycles. The van der Waals surface area contributed by atoms with Gasteiger partial charge in [-0.25, -0.2) is 0 Å². The Bertz CT molecular complexity index is 912. The lowest BCUT2D eigenvalue weighted by atomic mass is 9.47. The number of rotatable bonds is 4. The second-order valence-corrected chi connectivity index (χ2v) is 13.2. The number of ketones is 1. The van der Waals surface area contributed by atoms with Crippen molar-refractivity contribution in [2.75, 3.05) is 27.2 Å². The van der Waals surface area contributed by atoms with Crippen LogP contribution in [0.1, 0.15) is 79.1 Å². The molecule has 3 heteroatoms. The fourth-order valence-electron chi connectivity index (χ4n) is 9.24. The summed E-state index contributed by atoms with van der Waals surface area (Å²) in [6.45, 7) is 12.0. The lowest BCUT2D eigenvalue weighted by Crippen LogP contribution is -2.55. The molecule has 0 aromatic rings. The Labute approximate surface area is 208 Å². The molecule has 0 unspecified atom stereocenters. The molecule has 0 bridgehead atoms. The molecule has 3 saturated carbocycles. The molecule has 3 nitrogen and oxygen atoms in total. The van der Waals surface area contributed by atoms with Crippen LogP contribution in [0.3, 0.4) is 0 Å². The number of hydrogen-bond acceptors (Lipinski definition) is 3. The molecule has 4 aliphatic carbocycles. The van der Waals surface area contributed by atoms with Crippen molar-refractivity contribution in [1.82, 2.24) is 10.2 Å². The van der Waals surface area contributed by atoms with Gasteiger partial charge >= 0.3 is 0 Å². The summed E-state index contributed by atoms with van der Waals surface area (Å²) in [4.78, 5) is 15.6. The molecule has 5 aliphatic rings. The van der Waals surface area contributed by atoms with Gasteiger partial charge in [-0.1, -0.05) is 50.1 Å². The van der Waals surface area contributed by atoms with Gasteiger partial charge in [0, 0.05) is 12.5 Å². The van der Waals surface area contributed by atoms with Crippen molar-refractivity contribution < 1.29 is 4.79 Å². The molecule has 0 aromatic carbocycles. The summed E-state index contributed by atoms with van der Waals surface area (Å²) in [5, 5.41) is 3.49. The first-order chi connectivity index (χ1) is 16.2. The summed E-state index contributed by atoms with van der Waals surface area (Å²) < 4.78 is 0. The molecular weight excluding hydrogens is 416 g/mol. The van der Waals surface area contributed by atoms with E-state index in [1.54, 1.807) is 11.1 Å². The van der Waals surface area contributed by atoms with Crippen molar-refractivity contribution in [2.24, 2.45) is 40.4 Å². The van der Waals surface area contributed by atoms with Gasteiger partial charge in [0.15, 0.2) is 5.78 Å². The Morgan fingerprint density at radius 2 is 1.79 bits per heavy atom. The highest BCUT2D eigenvalue weighted by Gasteiger charge is 2.59. The van der Waals surface area contributed by atoms with Crippen molar-refractivity contribution in [1.29, 1.82) is 0 Å². The molecule has 3 fully saturated rings. The summed E-state index contributed by atoms with van der Waals surface area (Å²) >= 11 is 0. The number of Topliss-reactive ketones (excluding diaryl/α,β-unsaturated/α-hetero) is 1. The summed E-state index contributed by atoms with van der Waals surface area (Å²) in [6.07, 6.45) is 17.3. The second kappa shape index (κ2) is 9.04. The molecule has 0 saturated heterocycles. The second-order valence-electron chi connectivity index (χ2n) is 13.2. The lowest BCUT2D eigenvalue weighted by molar-refractivity contribution is -0.140. The normalized spacial score (nSPS) is 43.6. The smallest absolute Gasteiger partial charge is 0.153 e. The average molecular weight is 465 g/mol. The Hall–Kier alpha value is -1.19. The van der Waals surface area contributed by atoms with Gasteiger partial charge in [-0.2, -0.15) is 0 Å². The number of nitrogens with one attached hydrogen (secondary N) is 1. The molecule has 34 heavy (non-hydrogen) atoms. The van der Waals surface area contributed by atoms with E-state index in [9.17, 15) is 4.79 Å². The molecule has 8 atom stereocenters. The summed E-state index contributed by atoms with van der Waals surface area (Å²) in [5.41, 5.74) is 5.43. The van der Waals surface area contributed by atoms with Crippen molar-refractivity contribution in [3.63, 3.8) is 0 Å². The van der Waals surface area contributed by atoms with E-state index in [0.29, 0.717) is 23.0 Å². The number of nitrogens with zero attached hydrogens (tertiary/aromatic N) is 1. The van der Waals surface area contributed by atoms with Crippen molar-refractivity contribution in [3.05, 3.63) is 34.9 Å². The number of likely N-dealkylation sites (N-methyl/N-ethyl adjacent to an activating group) is 1. The predicted octanol–water partition coefficient (Wildman–Crippen LogP) is 6.18. The molecule has 0 spiro atoms. The molecule has 5 rings (SSSR count). The molecule has 188 valence electrons. The number of hydrogen-bond donors (Lipinski definition) is 1. The highest BCUT2D eigenvalue weighted by atomic mass is 16.1. The van der Waals surface area contributed by atoms with E-state index in [2.05, 4.69) is 70.2 Å². The summed E-state index contributed by atoms with van der Waals surface area (Å²) in [6, 6.07) is 0.129. The third-order valence-electron chi connectivity index (χ3n) is 11.4. The highest BCUT2D eigenvalue weighted by molar-refractivity contribution is 5.88. The van der Waals surface area contributed by atoms with Crippen molar-refractivity contribution >= 4 is 5.78 Å². The van der Waals surface area contributed by atoms with Crippen LogP contribution in [0.4, 0.5) is 0 Å². The average Bonchev–Trinajstić information content (AvgIpc) is 3.15. The fraction of sp³-hybridized carbons (Fsp3) is 0.774. The van der Waals surface area contributed by atoms with Crippen LogP contribution in [0, 0.1) is 40.4 Å². The minimum Gasteiger partial charge on any atom is -0.313 e. The molecule has 1 aliphatic heterocycles. The zero-order chi connectivity index (χ0) is 24.3. The maximum atomic E-state index is 13.5. The van der Waals surface area contributed by atoms with E-state index < -0.39 is 0 Å². The van der Waals surface area contributed by atoms with Gasteiger partial charge in [0.25, 0.3) is 0 Å². The predicted molar refractivity (Wildman–Crippen MR) is 142 cm³/mol. The summed E-state index contributed by atoms with van der Waals surface area (Å²) in [5.74, 6) is 3.51. The van der Waals surface area contributed by atoms with Crippen LogP contribution in [0.2, 0.25) is 0 Å². The fourth-order valence-corrected chi connectivity index (χ4v) is 9.24. The van der Waals surface area contributed by atoms with Crippen LogP contribution in [-0.2, 0) is 4.79 Å². The Kier molecular flexibility index (Phi) is 6.51. The Morgan fingerprint density at radius 3 is 2.53 bits per heavy atom. The van der Waals surface area contributed by atoms with Gasteiger partial charge < -0.3 is 5.32 Å². The molecule has 0 amide bonds. The maximum absolute atomic E-state index is 13.5. The Balaban J connectivity index is 1.36. The van der Waals surface area contributed by atoms with Gasteiger partial charge in [-0.05, 0) is 119 Å². The lowest BCUT2D eigenvalue weighted by Gasteiger charge is -2.57. The van der Waals surface area contributed by atoms with Crippen LogP contribution in [0.5, 0.6) is 0 Å². The number of carbonyl (C=O) groups is 1. The number of fused-ring (bicyclic) bond motifs is 5. The van der Waals surface area contributed by atoms with Crippen molar-refractivity contribution in [3.8, 4) is 0 Å². The van der Waals surface area contributed by atoms with Gasteiger partial charge in [-0.3, -0.25) is 9.69 Å². The van der Waals surface area contributed by atoms with Crippen LogP contribution >= 0.6 is 0 Å². The van der Waals surface area contributed by atoms with E-state index in [1.807, 2.05) is 0 Å². The van der Waals surface area contributed by atoms with Crippen molar-refractivity contribution in [2.45, 2.75) is 85.1 Å². The summed E-state index contributed by atoms with van der Waals surface area (Å²) in [7, 11) is 4.16. The first-order valence-electron chi connectivity index (χ1n) is 14.1. The highest BCUT2D eigenvalue weighted by Crippen LogP contribution is 2.66. The first-order valence-corrected chi connectivity index (χ1v) is 14.1. The molecule has 0 radical (unpaired) electrons. The van der Waals surface area contributed by atoms with Crippen LogP contribution < -0.4 is 5.32 Å². The monoisotopic (exact) mass is 464 g/mol. The number of allylic oxidation sites excluding steroid dienone is 4. The van der Waals surface area contributed by atoms with E-state index in [0.717, 1.165) is 37.8 Å². The molecule has 1 heterocycles. The van der Waals surface area contributed by atoms with Crippen LogP contribution in [0.15, 0.2) is 34.9 Å². The Morgan fingerprint density at radius 1 is 1.06 bits per heavy atom. The topological polar surface area (TPSA) is 32.3 Å². The third kappa shape index (κ3) is 3.81. The first kappa shape index (κ1) is 24.5. The van der Waals surface area contributed by atoms with Gasteiger partial charge in [0.1, 0.15) is 0 Å². The number of carbonyl (C=O) groups excluding carboxylic acids is 1. The van der Waals surface area contributed by atoms with Crippen LogP contribution in [0.25, 0.3) is 0 Å².